The molecule has 1 saturated heterocycles. The average molecular weight is 297 g/mol. The third kappa shape index (κ3) is 3.85. The maximum atomic E-state index is 12.0. The van der Waals surface area contributed by atoms with Crippen molar-refractivity contribution in [3.8, 4) is 0 Å². The maximum absolute atomic E-state index is 12.0. The predicted octanol–water partition coefficient (Wildman–Crippen LogP) is 0.899. The van der Waals surface area contributed by atoms with Gasteiger partial charge in [0.1, 0.15) is 0 Å². The van der Waals surface area contributed by atoms with Crippen LogP contribution >= 0.6 is 11.6 Å². The normalized spacial score (nSPS) is 17.1. The molecule has 110 valence electrons. The van der Waals surface area contributed by atoms with E-state index in [1.54, 1.807) is 18.2 Å². The van der Waals surface area contributed by atoms with E-state index in [1.165, 1.54) is 0 Å². The molecular formula is C14H21ClN4O. The number of halogens is 1. The predicted molar refractivity (Wildman–Crippen MR) is 82.1 cm³/mol. The molecule has 0 atom stereocenters. The molecule has 3 N–H and O–H groups in total. The molecule has 1 fully saturated rings. The fourth-order valence-electron chi connectivity index (χ4n) is 2.23. The van der Waals surface area contributed by atoms with E-state index in [0.717, 1.165) is 32.7 Å². The first-order chi connectivity index (χ1) is 9.58. The Balaban J connectivity index is 1.79. The van der Waals surface area contributed by atoms with Gasteiger partial charge in [0.15, 0.2) is 0 Å². The highest BCUT2D eigenvalue weighted by Crippen LogP contribution is 2.22. The van der Waals surface area contributed by atoms with Crippen molar-refractivity contribution >= 4 is 23.2 Å². The zero-order chi connectivity index (χ0) is 14.5. The van der Waals surface area contributed by atoms with Crippen molar-refractivity contribution in [1.82, 2.24) is 15.1 Å². The molecule has 1 aromatic rings. The summed E-state index contributed by atoms with van der Waals surface area (Å²) in [6.07, 6.45) is 0. The number of nitrogen functional groups attached to an aromatic ring is 1. The Bertz CT molecular complexity index is 472. The first-order valence-electron chi connectivity index (χ1n) is 6.81. The number of hydrogen-bond donors (Lipinski definition) is 2. The number of hydrogen-bond acceptors (Lipinski definition) is 4. The van der Waals surface area contributed by atoms with Gasteiger partial charge >= 0.3 is 0 Å². The zero-order valence-corrected chi connectivity index (χ0v) is 12.5. The van der Waals surface area contributed by atoms with Crippen LogP contribution in [0.15, 0.2) is 18.2 Å². The third-order valence-corrected chi connectivity index (χ3v) is 3.94. The van der Waals surface area contributed by atoms with E-state index in [4.69, 9.17) is 17.3 Å². The lowest BCUT2D eigenvalue weighted by atomic mass is 10.1. The van der Waals surface area contributed by atoms with E-state index in [2.05, 4.69) is 22.2 Å². The minimum absolute atomic E-state index is 0.167. The summed E-state index contributed by atoms with van der Waals surface area (Å²) in [5.41, 5.74) is 6.58. The second-order valence-corrected chi connectivity index (χ2v) is 5.51. The third-order valence-electron chi connectivity index (χ3n) is 3.61. The molecule has 6 heteroatoms. The summed E-state index contributed by atoms with van der Waals surface area (Å²) in [5.74, 6) is -0.167. The smallest absolute Gasteiger partial charge is 0.253 e. The Hall–Kier alpha value is -1.30. The fraction of sp³-hybridized carbons (Fsp3) is 0.500. The topological polar surface area (TPSA) is 61.6 Å². The van der Waals surface area contributed by atoms with Gasteiger partial charge in [0, 0.05) is 39.3 Å². The highest BCUT2D eigenvalue weighted by Gasteiger charge is 2.14. The molecule has 0 unspecified atom stereocenters. The summed E-state index contributed by atoms with van der Waals surface area (Å²) in [7, 11) is 2.13. The van der Waals surface area contributed by atoms with E-state index in [1.807, 2.05) is 0 Å². The molecule has 1 heterocycles. The maximum Gasteiger partial charge on any atom is 0.253 e. The second-order valence-electron chi connectivity index (χ2n) is 5.10. The van der Waals surface area contributed by atoms with Crippen molar-refractivity contribution in [1.29, 1.82) is 0 Å². The Kier molecular flexibility index (Phi) is 5.23. The number of para-hydroxylation sites is 1. The van der Waals surface area contributed by atoms with Crippen LogP contribution in [0.5, 0.6) is 0 Å². The van der Waals surface area contributed by atoms with Crippen LogP contribution in [0.2, 0.25) is 5.02 Å². The minimum Gasteiger partial charge on any atom is -0.397 e. The molecule has 20 heavy (non-hydrogen) atoms. The molecule has 0 aliphatic carbocycles. The van der Waals surface area contributed by atoms with Crippen LogP contribution in [0.4, 0.5) is 5.69 Å². The lowest BCUT2D eigenvalue weighted by Gasteiger charge is -2.32. The van der Waals surface area contributed by atoms with Crippen LogP contribution < -0.4 is 11.1 Å². The quantitative estimate of drug-likeness (QED) is 0.811. The number of anilines is 1. The van der Waals surface area contributed by atoms with Gasteiger partial charge in [0.05, 0.1) is 16.3 Å². The average Bonchev–Trinajstić information content (AvgIpc) is 2.44. The molecular weight excluding hydrogens is 276 g/mol. The zero-order valence-electron chi connectivity index (χ0n) is 11.7. The molecule has 5 nitrogen and oxygen atoms in total. The van der Waals surface area contributed by atoms with Crippen molar-refractivity contribution in [2.75, 3.05) is 52.0 Å². The Labute approximate surface area is 124 Å². The molecule has 0 radical (unpaired) electrons. The lowest BCUT2D eigenvalue weighted by molar-refractivity contribution is 0.0942. The molecule has 1 aliphatic heterocycles. The molecule has 0 bridgehead atoms. The molecule has 1 aromatic carbocycles. The van der Waals surface area contributed by atoms with Crippen LogP contribution in [0.25, 0.3) is 0 Å². The SMILES string of the molecule is CN1CCN(CCNC(=O)c2cccc(Cl)c2N)CC1. The van der Waals surface area contributed by atoms with Gasteiger partial charge in [-0.05, 0) is 19.2 Å². The van der Waals surface area contributed by atoms with Crippen LogP contribution in [0.3, 0.4) is 0 Å². The Morgan fingerprint density at radius 3 is 2.75 bits per heavy atom. The Morgan fingerprint density at radius 2 is 2.05 bits per heavy atom. The van der Waals surface area contributed by atoms with Crippen LogP contribution in [0, 0.1) is 0 Å². The number of nitrogens with one attached hydrogen (secondary N) is 1. The Morgan fingerprint density at radius 1 is 1.35 bits per heavy atom. The highest BCUT2D eigenvalue weighted by atomic mass is 35.5. The van der Waals surface area contributed by atoms with Gasteiger partial charge in [-0.1, -0.05) is 17.7 Å². The monoisotopic (exact) mass is 296 g/mol. The minimum atomic E-state index is -0.167. The number of amides is 1. The molecule has 0 aromatic heterocycles. The van der Waals surface area contributed by atoms with Crippen molar-refractivity contribution < 1.29 is 4.79 Å². The summed E-state index contributed by atoms with van der Waals surface area (Å²) < 4.78 is 0. The molecule has 0 saturated carbocycles. The van der Waals surface area contributed by atoms with Gasteiger partial charge in [0.2, 0.25) is 0 Å². The van der Waals surface area contributed by atoms with E-state index < -0.39 is 0 Å². The van der Waals surface area contributed by atoms with Gasteiger partial charge in [0.25, 0.3) is 5.91 Å². The van der Waals surface area contributed by atoms with Gasteiger partial charge in [-0.15, -0.1) is 0 Å². The first-order valence-corrected chi connectivity index (χ1v) is 7.19. The largest absolute Gasteiger partial charge is 0.397 e. The van der Waals surface area contributed by atoms with Gasteiger partial charge in [-0.3, -0.25) is 9.69 Å². The van der Waals surface area contributed by atoms with Crippen molar-refractivity contribution in [3.63, 3.8) is 0 Å². The molecule has 0 spiro atoms. The summed E-state index contributed by atoms with van der Waals surface area (Å²) in [5, 5.41) is 3.31. The van der Waals surface area contributed by atoms with Crippen LogP contribution in [0.1, 0.15) is 10.4 Å². The number of likely N-dealkylation sites (N-methyl/N-ethyl adjacent to an activating group) is 1. The van der Waals surface area contributed by atoms with Crippen molar-refractivity contribution in [3.05, 3.63) is 28.8 Å². The summed E-state index contributed by atoms with van der Waals surface area (Å²) >= 11 is 5.91. The lowest BCUT2D eigenvalue weighted by Crippen LogP contribution is -2.46. The fourth-order valence-corrected chi connectivity index (χ4v) is 2.40. The van der Waals surface area contributed by atoms with Gasteiger partial charge < -0.3 is 16.0 Å². The summed E-state index contributed by atoms with van der Waals surface area (Å²) in [6, 6.07) is 5.10. The summed E-state index contributed by atoms with van der Waals surface area (Å²) in [4.78, 5) is 16.7. The van der Waals surface area contributed by atoms with E-state index >= 15 is 0 Å². The standard InChI is InChI=1S/C14H21ClN4O/c1-18-7-9-19(10-8-18)6-5-17-14(20)11-3-2-4-12(15)13(11)16/h2-4H,5-10,16H2,1H3,(H,17,20). The summed E-state index contributed by atoms with van der Waals surface area (Å²) in [6.45, 7) is 5.73. The number of piperazine rings is 1. The number of carbonyl (C=O) groups is 1. The van der Waals surface area contributed by atoms with Crippen LogP contribution in [-0.2, 0) is 0 Å². The molecule has 1 amide bonds. The van der Waals surface area contributed by atoms with Crippen molar-refractivity contribution in [2.45, 2.75) is 0 Å². The number of benzene rings is 1. The second kappa shape index (κ2) is 6.92. The number of nitrogens with two attached hydrogens (primary N) is 1. The molecule has 2 rings (SSSR count). The van der Waals surface area contributed by atoms with Crippen LogP contribution in [-0.4, -0.2) is 62.0 Å². The van der Waals surface area contributed by atoms with Gasteiger partial charge in [-0.2, -0.15) is 0 Å². The van der Waals surface area contributed by atoms with Crippen molar-refractivity contribution in [2.24, 2.45) is 0 Å². The van der Waals surface area contributed by atoms with Gasteiger partial charge in [-0.25, -0.2) is 0 Å². The highest BCUT2D eigenvalue weighted by molar-refractivity contribution is 6.33. The first kappa shape index (κ1) is 15.1. The number of nitrogens with zero attached hydrogens (tertiary/aromatic N) is 2. The van der Waals surface area contributed by atoms with E-state index in [0.29, 0.717) is 22.8 Å². The van der Waals surface area contributed by atoms with E-state index in [-0.39, 0.29) is 5.91 Å². The van der Waals surface area contributed by atoms with E-state index in [9.17, 15) is 4.79 Å². The molecule has 1 aliphatic rings. The number of carbonyl (C=O) groups excluding carboxylic acids is 1. The number of rotatable bonds is 4.